The van der Waals surface area contributed by atoms with Gasteiger partial charge in [0.1, 0.15) is 0 Å². The highest BCUT2D eigenvalue weighted by atomic mass is 79.9. The SMILES string of the molecule is O=C(c1ccc(Br)cc1CS(=O)[O-])c1cnoc1C1CC1. The highest BCUT2D eigenvalue weighted by Gasteiger charge is 2.33. The van der Waals surface area contributed by atoms with Gasteiger partial charge in [-0.3, -0.25) is 9.00 Å². The zero-order valence-corrected chi connectivity index (χ0v) is 13.3. The highest BCUT2D eigenvalue weighted by molar-refractivity contribution is 9.10. The van der Waals surface area contributed by atoms with E-state index >= 15 is 0 Å². The van der Waals surface area contributed by atoms with Crippen LogP contribution in [-0.4, -0.2) is 19.7 Å². The van der Waals surface area contributed by atoms with Crippen LogP contribution in [0.3, 0.4) is 0 Å². The molecule has 0 bridgehead atoms. The minimum Gasteiger partial charge on any atom is -0.772 e. The number of ketones is 1. The molecule has 0 saturated heterocycles. The Balaban J connectivity index is 2.00. The maximum absolute atomic E-state index is 12.7. The molecule has 2 aromatic rings. The number of carbonyl (C=O) groups excluding carboxylic acids is 1. The molecule has 1 unspecified atom stereocenters. The van der Waals surface area contributed by atoms with Gasteiger partial charge in [0.2, 0.25) is 0 Å². The Morgan fingerprint density at radius 2 is 2.19 bits per heavy atom. The molecule has 0 N–H and O–H groups in total. The van der Waals surface area contributed by atoms with Gasteiger partial charge in [-0.05, 0) is 36.6 Å². The molecule has 1 aromatic heterocycles. The van der Waals surface area contributed by atoms with E-state index in [9.17, 15) is 13.6 Å². The van der Waals surface area contributed by atoms with Gasteiger partial charge in [-0.1, -0.05) is 32.2 Å². The molecule has 1 saturated carbocycles. The van der Waals surface area contributed by atoms with Gasteiger partial charge in [-0.15, -0.1) is 0 Å². The summed E-state index contributed by atoms with van der Waals surface area (Å²) in [5.74, 6) is 0.423. The van der Waals surface area contributed by atoms with Crippen LogP contribution in [0.2, 0.25) is 0 Å². The first-order chi connectivity index (χ1) is 10.1. The molecule has 1 heterocycles. The normalized spacial score (nSPS) is 15.9. The largest absolute Gasteiger partial charge is 0.772 e. The number of halogens is 1. The van der Waals surface area contributed by atoms with Crippen molar-refractivity contribution in [3.8, 4) is 0 Å². The first-order valence-electron chi connectivity index (χ1n) is 6.40. The molecular formula is C14H11BrNO4S-. The van der Waals surface area contributed by atoms with Crippen LogP contribution in [-0.2, 0) is 16.8 Å². The zero-order valence-electron chi connectivity index (χ0n) is 10.9. The molecule has 1 aliphatic carbocycles. The van der Waals surface area contributed by atoms with Gasteiger partial charge >= 0.3 is 0 Å². The molecule has 0 spiro atoms. The van der Waals surface area contributed by atoms with E-state index < -0.39 is 11.1 Å². The summed E-state index contributed by atoms with van der Waals surface area (Å²) in [7, 11) is 0. The Kier molecular flexibility index (Phi) is 4.05. The number of hydrogen-bond donors (Lipinski definition) is 0. The van der Waals surface area contributed by atoms with Crippen LogP contribution in [0.4, 0.5) is 0 Å². The second-order valence-corrected chi connectivity index (χ2v) is 6.77. The number of rotatable bonds is 5. The average Bonchev–Trinajstić information content (AvgIpc) is 3.15. The molecule has 0 radical (unpaired) electrons. The van der Waals surface area contributed by atoms with Gasteiger partial charge in [0.05, 0.1) is 11.8 Å². The molecule has 1 aromatic carbocycles. The van der Waals surface area contributed by atoms with Crippen molar-refractivity contribution < 1.29 is 18.1 Å². The van der Waals surface area contributed by atoms with Crippen molar-refractivity contribution >= 4 is 32.8 Å². The van der Waals surface area contributed by atoms with Crippen molar-refractivity contribution in [1.29, 1.82) is 0 Å². The molecular weight excluding hydrogens is 358 g/mol. The van der Waals surface area contributed by atoms with Crippen LogP contribution in [0, 0.1) is 0 Å². The lowest BCUT2D eigenvalue weighted by Crippen LogP contribution is -2.08. The van der Waals surface area contributed by atoms with Crippen molar-refractivity contribution in [2.24, 2.45) is 0 Å². The van der Waals surface area contributed by atoms with Crippen molar-refractivity contribution in [3.63, 3.8) is 0 Å². The van der Waals surface area contributed by atoms with Crippen molar-refractivity contribution in [2.75, 3.05) is 0 Å². The molecule has 110 valence electrons. The lowest BCUT2D eigenvalue weighted by Gasteiger charge is -2.11. The summed E-state index contributed by atoms with van der Waals surface area (Å²) in [5, 5.41) is 3.71. The zero-order chi connectivity index (χ0) is 15.0. The highest BCUT2D eigenvalue weighted by Crippen LogP contribution is 2.42. The fourth-order valence-electron chi connectivity index (χ4n) is 2.23. The molecule has 1 fully saturated rings. The van der Waals surface area contributed by atoms with E-state index in [2.05, 4.69) is 21.1 Å². The first kappa shape index (κ1) is 14.6. The van der Waals surface area contributed by atoms with Crippen LogP contribution < -0.4 is 0 Å². The second kappa shape index (κ2) is 5.82. The summed E-state index contributed by atoms with van der Waals surface area (Å²) in [4.78, 5) is 12.7. The third-order valence-corrected chi connectivity index (χ3v) is 4.42. The lowest BCUT2D eigenvalue weighted by molar-refractivity contribution is 0.103. The second-order valence-electron chi connectivity index (χ2n) is 4.96. The minimum atomic E-state index is -2.26. The van der Waals surface area contributed by atoms with E-state index in [1.165, 1.54) is 6.20 Å². The summed E-state index contributed by atoms with van der Waals surface area (Å²) in [6.07, 6.45) is 3.40. The Hall–Kier alpha value is -1.31. The third kappa shape index (κ3) is 3.14. The molecule has 0 amide bonds. The van der Waals surface area contributed by atoms with Gasteiger partial charge in [0.25, 0.3) is 0 Å². The van der Waals surface area contributed by atoms with Gasteiger partial charge in [0.15, 0.2) is 11.5 Å². The van der Waals surface area contributed by atoms with E-state index in [0.29, 0.717) is 22.5 Å². The van der Waals surface area contributed by atoms with Crippen LogP contribution in [0.1, 0.15) is 46.0 Å². The van der Waals surface area contributed by atoms with Gasteiger partial charge in [0, 0.05) is 21.7 Å². The standard InChI is InChI=1S/C14H12BrNO4S/c15-10-3-4-11(9(5-10)7-21(18)19)13(17)12-6-16-20-14(12)8-1-2-8/h3-6,8H,1-2,7H2,(H,18,19)/p-1. The molecule has 21 heavy (non-hydrogen) atoms. The quantitative estimate of drug-likeness (QED) is 0.598. The number of benzene rings is 1. The fourth-order valence-corrected chi connectivity index (χ4v) is 3.14. The maximum atomic E-state index is 12.7. The number of hydrogen-bond acceptors (Lipinski definition) is 5. The molecule has 1 atom stereocenters. The van der Waals surface area contributed by atoms with E-state index in [-0.39, 0.29) is 17.5 Å². The number of nitrogens with zero attached hydrogens (tertiary/aromatic N) is 1. The van der Waals surface area contributed by atoms with Crippen LogP contribution in [0.15, 0.2) is 33.4 Å². The van der Waals surface area contributed by atoms with Gasteiger partial charge in [-0.2, -0.15) is 0 Å². The Labute approximate surface area is 132 Å². The first-order valence-corrected chi connectivity index (χ1v) is 8.43. The summed E-state index contributed by atoms with van der Waals surface area (Å²) in [6, 6.07) is 4.99. The summed E-state index contributed by atoms with van der Waals surface area (Å²) in [6.45, 7) is 0. The van der Waals surface area contributed by atoms with Crippen molar-refractivity contribution in [3.05, 3.63) is 51.3 Å². The van der Waals surface area contributed by atoms with E-state index in [0.717, 1.165) is 17.3 Å². The van der Waals surface area contributed by atoms with Gasteiger partial charge in [-0.25, -0.2) is 0 Å². The fraction of sp³-hybridized carbons (Fsp3) is 0.286. The minimum absolute atomic E-state index is 0.204. The summed E-state index contributed by atoms with van der Waals surface area (Å²) in [5.41, 5.74) is 1.26. The summed E-state index contributed by atoms with van der Waals surface area (Å²) < 4.78 is 27.8. The maximum Gasteiger partial charge on any atom is 0.198 e. The van der Waals surface area contributed by atoms with E-state index in [1.54, 1.807) is 18.2 Å². The Morgan fingerprint density at radius 1 is 1.43 bits per heavy atom. The predicted octanol–water partition coefficient (Wildman–Crippen LogP) is 2.92. The van der Waals surface area contributed by atoms with Crippen LogP contribution in [0.5, 0.6) is 0 Å². The van der Waals surface area contributed by atoms with E-state index in [1.807, 2.05) is 0 Å². The third-order valence-electron chi connectivity index (χ3n) is 3.38. The van der Waals surface area contributed by atoms with Crippen LogP contribution in [0.25, 0.3) is 0 Å². The monoisotopic (exact) mass is 368 g/mol. The van der Waals surface area contributed by atoms with Gasteiger partial charge < -0.3 is 9.08 Å². The molecule has 5 nitrogen and oxygen atoms in total. The lowest BCUT2D eigenvalue weighted by atomic mass is 9.99. The van der Waals surface area contributed by atoms with E-state index in [4.69, 9.17) is 4.52 Å². The Morgan fingerprint density at radius 3 is 2.86 bits per heavy atom. The average molecular weight is 369 g/mol. The van der Waals surface area contributed by atoms with Crippen LogP contribution >= 0.6 is 15.9 Å². The topological polar surface area (TPSA) is 83.2 Å². The molecule has 0 aliphatic heterocycles. The molecule has 1 aliphatic rings. The number of carbonyl (C=O) groups is 1. The molecule has 7 heteroatoms. The van der Waals surface area contributed by atoms with Crippen molar-refractivity contribution in [1.82, 2.24) is 5.16 Å². The Bertz CT molecular complexity index is 724. The smallest absolute Gasteiger partial charge is 0.198 e. The van der Waals surface area contributed by atoms with Crippen molar-refractivity contribution in [2.45, 2.75) is 24.5 Å². The number of aromatic nitrogens is 1. The predicted molar refractivity (Wildman–Crippen MR) is 78.7 cm³/mol. The molecule has 3 rings (SSSR count). The summed E-state index contributed by atoms with van der Waals surface area (Å²) >= 11 is 1.03.